The molecule has 0 atom stereocenters. The summed E-state index contributed by atoms with van der Waals surface area (Å²) in [5.74, 6) is -4.16. The van der Waals surface area contributed by atoms with E-state index in [2.05, 4.69) is 5.32 Å². The number of pyridine rings is 1. The summed E-state index contributed by atoms with van der Waals surface area (Å²) in [7, 11) is 3.62. The van der Waals surface area contributed by atoms with Gasteiger partial charge < -0.3 is 20.5 Å². The van der Waals surface area contributed by atoms with E-state index in [1.54, 1.807) is 11.0 Å². The van der Waals surface area contributed by atoms with E-state index in [1.165, 1.54) is 12.1 Å². The fraction of sp³-hybridized carbons (Fsp3) is 0.435. The molecule has 3 aromatic rings. The molecule has 8 nitrogen and oxygen atoms in total. The van der Waals surface area contributed by atoms with Crippen LogP contribution in [0.1, 0.15) is 54.8 Å². The molecule has 0 spiro atoms. The number of carbonyl (C=O) groups excluding carboxylic acids is 1. The summed E-state index contributed by atoms with van der Waals surface area (Å²) in [5, 5.41) is 30.4. The first-order chi connectivity index (χ1) is 15.5. The van der Waals surface area contributed by atoms with Crippen LogP contribution in [0.2, 0.25) is 0 Å². The summed E-state index contributed by atoms with van der Waals surface area (Å²) >= 11 is 0. The van der Waals surface area contributed by atoms with Gasteiger partial charge in [0.05, 0.1) is 29.0 Å². The average molecular weight is 459 g/mol. The van der Waals surface area contributed by atoms with Gasteiger partial charge in [0, 0.05) is 44.7 Å². The Labute approximate surface area is 190 Å². The van der Waals surface area contributed by atoms with Crippen LogP contribution in [0.4, 0.5) is 20.2 Å². The predicted molar refractivity (Wildman–Crippen MR) is 120 cm³/mol. The number of aliphatic hydroxyl groups is 1. The third-order valence-electron chi connectivity index (χ3n) is 6.04. The number of hydrogen-bond donors (Lipinski definition) is 2. The van der Waals surface area contributed by atoms with E-state index in [-0.39, 0.29) is 16.9 Å². The van der Waals surface area contributed by atoms with Gasteiger partial charge in [0.2, 0.25) is 0 Å². The molecule has 2 heterocycles. The number of anilines is 2. The van der Waals surface area contributed by atoms with E-state index in [9.17, 15) is 23.9 Å². The Bertz CT molecular complexity index is 1180. The topological polar surface area (TPSA) is 97.3 Å². The van der Waals surface area contributed by atoms with Crippen LogP contribution in [-0.2, 0) is 5.92 Å². The zero-order valence-corrected chi connectivity index (χ0v) is 18.8. The van der Waals surface area contributed by atoms with E-state index in [4.69, 9.17) is 5.10 Å². The lowest BCUT2D eigenvalue weighted by Gasteiger charge is -2.25. The summed E-state index contributed by atoms with van der Waals surface area (Å²) in [4.78, 5) is 14.7. The molecule has 0 aliphatic heterocycles. The number of aliphatic hydroxyl groups excluding tert-OH is 1. The summed E-state index contributed by atoms with van der Waals surface area (Å²) in [5.41, 5.74) is 0.626. The lowest BCUT2D eigenvalue weighted by Crippen LogP contribution is -2.44. The highest BCUT2D eigenvalue weighted by Gasteiger charge is 2.35. The monoisotopic (exact) mass is 459 g/mol. The van der Waals surface area contributed by atoms with Gasteiger partial charge in [-0.05, 0) is 43.9 Å². The maximum Gasteiger partial charge on any atom is 0.328 e. The van der Waals surface area contributed by atoms with Crippen molar-refractivity contribution in [3.05, 3.63) is 53.1 Å². The molecule has 0 unspecified atom stereocenters. The smallest absolute Gasteiger partial charge is 0.328 e. The quantitative estimate of drug-likeness (QED) is 0.449. The van der Waals surface area contributed by atoms with Gasteiger partial charge in [-0.15, -0.1) is 0 Å². The molecule has 1 amide bonds. The second kappa shape index (κ2) is 8.58. The van der Waals surface area contributed by atoms with Gasteiger partial charge in [-0.1, -0.05) is 0 Å². The molecular weight excluding hydrogens is 432 g/mol. The number of carbonyl (C=O) groups is 1. The molecule has 1 aliphatic carbocycles. The van der Waals surface area contributed by atoms with Crippen molar-refractivity contribution >= 4 is 28.2 Å². The second-order valence-electron chi connectivity index (χ2n) is 8.83. The molecular formula is C23H27F2N5O3. The first kappa shape index (κ1) is 22.9. The maximum absolute atomic E-state index is 13.7. The van der Waals surface area contributed by atoms with Gasteiger partial charge in [0.25, 0.3) is 11.4 Å². The van der Waals surface area contributed by atoms with Crippen molar-refractivity contribution in [1.29, 1.82) is 0 Å². The zero-order chi connectivity index (χ0) is 23.9. The van der Waals surface area contributed by atoms with E-state index in [1.807, 2.05) is 31.0 Å². The van der Waals surface area contributed by atoms with Crippen molar-refractivity contribution in [2.24, 2.45) is 0 Å². The Morgan fingerprint density at radius 3 is 2.61 bits per heavy atom. The summed E-state index contributed by atoms with van der Waals surface area (Å²) < 4.78 is 29.3. The Hall–Kier alpha value is -3.27. The Kier molecular flexibility index (Phi) is 5.96. The minimum Gasteiger partial charge on any atom is -0.618 e. The van der Waals surface area contributed by atoms with Crippen LogP contribution < -0.4 is 14.9 Å². The third-order valence-corrected chi connectivity index (χ3v) is 6.04. The molecule has 1 fully saturated rings. The number of amides is 1. The fourth-order valence-electron chi connectivity index (χ4n) is 4.23. The average Bonchev–Trinajstić information content (AvgIpc) is 3.15. The van der Waals surface area contributed by atoms with E-state index >= 15 is 0 Å². The molecule has 10 heteroatoms. The van der Waals surface area contributed by atoms with E-state index in [0.717, 1.165) is 42.7 Å². The number of rotatable bonds is 5. The lowest BCUT2D eigenvalue weighted by molar-refractivity contribution is -0.626. The van der Waals surface area contributed by atoms with Crippen molar-refractivity contribution in [3.63, 3.8) is 0 Å². The van der Waals surface area contributed by atoms with Crippen molar-refractivity contribution in [2.45, 2.75) is 50.7 Å². The summed E-state index contributed by atoms with van der Waals surface area (Å²) in [6.07, 6.45) is 4.77. The van der Waals surface area contributed by atoms with E-state index < -0.39 is 23.2 Å². The van der Waals surface area contributed by atoms with Crippen LogP contribution in [0.25, 0.3) is 10.9 Å². The van der Waals surface area contributed by atoms with Crippen molar-refractivity contribution in [1.82, 2.24) is 9.78 Å². The number of hydrogen-bond acceptors (Lipinski definition) is 5. The van der Waals surface area contributed by atoms with Crippen LogP contribution >= 0.6 is 0 Å². The minimum absolute atomic E-state index is 0.0290. The molecule has 0 radical (unpaired) electrons. The standard InChI is InChI=1S/C23H27F2N5O3/c1-23(24,25)21-6-4-5-19(30(21)33)22(32)26-18-11-14-13-29(15-7-9-16(31)10-8-15)27-17(14)12-20(18)28(2)3/h4-6,11-13,15-16,31H,7-10H2,1-3H3,(H,26,32). The molecule has 0 saturated heterocycles. The normalized spacial score (nSPS) is 19.0. The molecule has 176 valence electrons. The number of nitrogens with zero attached hydrogens (tertiary/aromatic N) is 4. The molecule has 1 aliphatic rings. The van der Waals surface area contributed by atoms with Crippen LogP contribution in [0.5, 0.6) is 0 Å². The molecule has 2 N–H and O–H groups in total. The molecule has 4 rings (SSSR count). The number of halogens is 2. The number of benzene rings is 1. The number of fused-ring (bicyclic) bond motifs is 1. The van der Waals surface area contributed by atoms with Crippen LogP contribution in [0.3, 0.4) is 0 Å². The lowest BCUT2D eigenvalue weighted by atomic mass is 9.93. The highest BCUT2D eigenvalue weighted by Crippen LogP contribution is 2.33. The van der Waals surface area contributed by atoms with Crippen LogP contribution in [0.15, 0.2) is 36.5 Å². The summed E-state index contributed by atoms with van der Waals surface area (Å²) in [6, 6.07) is 7.26. The van der Waals surface area contributed by atoms with Gasteiger partial charge in [-0.2, -0.15) is 18.6 Å². The predicted octanol–water partition coefficient (Wildman–Crippen LogP) is 3.58. The van der Waals surface area contributed by atoms with Gasteiger partial charge in [0.1, 0.15) is 0 Å². The first-order valence-corrected chi connectivity index (χ1v) is 10.8. The SMILES string of the molecule is CN(C)c1cc2nn(C3CCC(O)CC3)cc2cc1NC(=O)c1cccc(C(C)(F)F)[n+]1[O-]. The Morgan fingerprint density at radius 2 is 1.97 bits per heavy atom. The molecule has 1 saturated carbocycles. The number of nitrogens with one attached hydrogen (secondary N) is 1. The number of alkyl halides is 2. The summed E-state index contributed by atoms with van der Waals surface area (Å²) in [6.45, 7) is 0.612. The maximum atomic E-state index is 13.7. The second-order valence-corrected chi connectivity index (χ2v) is 8.83. The third kappa shape index (κ3) is 4.61. The van der Waals surface area contributed by atoms with Gasteiger partial charge in [-0.3, -0.25) is 9.48 Å². The van der Waals surface area contributed by atoms with Gasteiger partial charge in [-0.25, -0.2) is 0 Å². The molecule has 0 bridgehead atoms. The molecule has 1 aromatic carbocycles. The first-order valence-electron chi connectivity index (χ1n) is 10.8. The van der Waals surface area contributed by atoms with Crippen molar-refractivity contribution < 1.29 is 23.4 Å². The Morgan fingerprint density at radius 1 is 1.27 bits per heavy atom. The van der Waals surface area contributed by atoms with Crippen molar-refractivity contribution in [2.75, 3.05) is 24.3 Å². The van der Waals surface area contributed by atoms with Crippen LogP contribution in [0, 0.1) is 5.21 Å². The van der Waals surface area contributed by atoms with E-state index in [0.29, 0.717) is 18.3 Å². The fourth-order valence-corrected chi connectivity index (χ4v) is 4.23. The minimum atomic E-state index is -3.38. The zero-order valence-electron chi connectivity index (χ0n) is 18.8. The van der Waals surface area contributed by atoms with Gasteiger partial charge >= 0.3 is 11.8 Å². The van der Waals surface area contributed by atoms with Crippen molar-refractivity contribution in [3.8, 4) is 0 Å². The Balaban J connectivity index is 1.67. The largest absolute Gasteiger partial charge is 0.618 e. The van der Waals surface area contributed by atoms with Gasteiger partial charge in [0.15, 0.2) is 0 Å². The highest BCUT2D eigenvalue weighted by molar-refractivity contribution is 6.05. The highest BCUT2D eigenvalue weighted by atomic mass is 19.3. The van der Waals surface area contributed by atoms with Crippen LogP contribution in [-0.4, -0.2) is 41.0 Å². The molecule has 33 heavy (non-hydrogen) atoms. The molecule has 2 aromatic heterocycles. The number of aromatic nitrogens is 3.